The average Bonchev–Trinajstić information content (AvgIpc) is 2.44. The van der Waals surface area contributed by atoms with Gasteiger partial charge in [0.05, 0.1) is 12.6 Å². The van der Waals surface area contributed by atoms with E-state index >= 15 is 0 Å². The highest BCUT2D eigenvalue weighted by atomic mass is 16.2. The van der Waals surface area contributed by atoms with Crippen molar-refractivity contribution < 1.29 is 9.59 Å². The summed E-state index contributed by atoms with van der Waals surface area (Å²) < 4.78 is 0. The van der Waals surface area contributed by atoms with Crippen LogP contribution in [-0.2, 0) is 9.59 Å². The number of carbonyl (C=O) groups excluding carboxylic acids is 2. The number of benzene rings is 1. The standard InChI is InChI=1S/C17H27N3O2/c1-17(2,3)16(22)19-12-15(21)18-11-14(20(4)5)13-9-7-6-8-10-13/h6-10,14H,11-12H2,1-5H3,(H,18,21)(H,19,22). The molecule has 0 heterocycles. The molecule has 0 fully saturated rings. The lowest BCUT2D eigenvalue weighted by Gasteiger charge is -2.25. The third kappa shape index (κ3) is 5.85. The zero-order chi connectivity index (χ0) is 16.8. The van der Waals surface area contributed by atoms with E-state index in [0.29, 0.717) is 6.54 Å². The van der Waals surface area contributed by atoms with E-state index in [1.54, 1.807) is 0 Å². The molecule has 0 aliphatic heterocycles. The third-order valence-electron chi connectivity index (χ3n) is 3.39. The zero-order valence-corrected chi connectivity index (χ0v) is 14.1. The minimum atomic E-state index is -0.490. The van der Waals surface area contributed by atoms with E-state index in [2.05, 4.69) is 15.5 Å². The summed E-state index contributed by atoms with van der Waals surface area (Å²) in [6.07, 6.45) is 0. The first kappa shape index (κ1) is 18.2. The van der Waals surface area contributed by atoms with Gasteiger partial charge in [0.1, 0.15) is 0 Å². The summed E-state index contributed by atoms with van der Waals surface area (Å²) in [5.41, 5.74) is 0.655. The quantitative estimate of drug-likeness (QED) is 0.838. The molecule has 0 aromatic heterocycles. The minimum Gasteiger partial charge on any atom is -0.353 e. The van der Waals surface area contributed by atoms with Gasteiger partial charge in [0.25, 0.3) is 0 Å². The molecule has 5 nitrogen and oxygen atoms in total. The van der Waals surface area contributed by atoms with Gasteiger partial charge in [0, 0.05) is 12.0 Å². The normalized spacial score (nSPS) is 12.8. The molecule has 1 aromatic carbocycles. The fourth-order valence-corrected chi connectivity index (χ4v) is 1.97. The Balaban J connectivity index is 2.49. The predicted octanol–water partition coefficient (Wildman–Crippen LogP) is 1.57. The van der Waals surface area contributed by atoms with Crippen molar-refractivity contribution in [3.8, 4) is 0 Å². The number of nitrogens with one attached hydrogen (secondary N) is 2. The van der Waals surface area contributed by atoms with Crippen LogP contribution < -0.4 is 10.6 Å². The molecule has 0 saturated heterocycles. The van der Waals surface area contributed by atoms with Gasteiger partial charge in [-0.2, -0.15) is 0 Å². The Bertz CT molecular complexity index is 492. The van der Waals surface area contributed by atoms with E-state index in [-0.39, 0.29) is 24.4 Å². The van der Waals surface area contributed by atoms with Crippen LogP contribution in [0.4, 0.5) is 0 Å². The molecule has 0 spiro atoms. The van der Waals surface area contributed by atoms with Crippen LogP contribution in [0.1, 0.15) is 32.4 Å². The molecule has 1 aromatic rings. The highest BCUT2D eigenvalue weighted by Crippen LogP contribution is 2.16. The predicted molar refractivity (Wildman–Crippen MR) is 88.3 cm³/mol. The van der Waals surface area contributed by atoms with Gasteiger partial charge in [0.2, 0.25) is 11.8 Å². The lowest BCUT2D eigenvalue weighted by atomic mass is 9.96. The minimum absolute atomic E-state index is 0.00500. The summed E-state index contributed by atoms with van der Waals surface area (Å²) in [4.78, 5) is 25.7. The second-order valence-corrected chi connectivity index (χ2v) is 6.63. The van der Waals surface area contributed by atoms with Crippen molar-refractivity contribution >= 4 is 11.8 Å². The highest BCUT2D eigenvalue weighted by Gasteiger charge is 2.21. The number of carbonyl (C=O) groups is 2. The molecule has 0 radical (unpaired) electrons. The van der Waals surface area contributed by atoms with Crippen molar-refractivity contribution in [2.75, 3.05) is 27.2 Å². The van der Waals surface area contributed by atoms with Crippen molar-refractivity contribution in [2.24, 2.45) is 5.41 Å². The summed E-state index contributed by atoms with van der Waals surface area (Å²) in [7, 11) is 3.95. The Kier molecular flexibility index (Phi) is 6.56. The number of amides is 2. The van der Waals surface area contributed by atoms with Gasteiger partial charge in [-0.05, 0) is 19.7 Å². The fraction of sp³-hybridized carbons (Fsp3) is 0.529. The summed E-state index contributed by atoms with van der Waals surface area (Å²) in [6.45, 7) is 5.96. The van der Waals surface area contributed by atoms with E-state index in [0.717, 1.165) is 5.56 Å². The average molecular weight is 305 g/mol. The lowest BCUT2D eigenvalue weighted by molar-refractivity contribution is -0.131. The molecule has 22 heavy (non-hydrogen) atoms. The first-order valence-electron chi connectivity index (χ1n) is 7.48. The van der Waals surface area contributed by atoms with Gasteiger partial charge in [-0.1, -0.05) is 51.1 Å². The van der Waals surface area contributed by atoms with E-state index in [4.69, 9.17) is 0 Å². The third-order valence-corrected chi connectivity index (χ3v) is 3.39. The number of likely N-dealkylation sites (N-methyl/N-ethyl adjacent to an activating group) is 1. The molecule has 1 rings (SSSR count). The lowest BCUT2D eigenvalue weighted by Crippen LogP contribution is -2.43. The Morgan fingerprint density at radius 2 is 1.68 bits per heavy atom. The number of rotatable bonds is 6. The second-order valence-electron chi connectivity index (χ2n) is 6.63. The number of hydrogen-bond donors (Lipinski definition) is 2. The molecule has 0 bridgehead atoms. The van der Waals surface area contributed by atoms with Crippen LogP contribution in [0.15, 0.2) is 30.3 Å². The molecule has 0 aliphatic carbocycles. The molecule has 1 atom stereocenters. The molecule has 0 saturated carbocycles. The van der Waals surface area contributed by atoms with E-state index in [9.17, 15) is 9.59 Å². The second kappa shape index (κ2) is 7.94. The topological polar surface area (TPSA) is 61.4 Å². The molecule has 2 amide bonds. The Morgan fingerprint density at radius 1 is 1.09 bits per heavy atom. The summed E-state index contributed by atoms with van der Waals surface area (Å²) in [5.74, 6) is -0.310. The maximum atomic E-state index is 11.9. The van der Waals surface area contributed by atoms with Gasteiger partial charge in [0.15, 0.2) is 0 Å². The first-order chi connectivity index (χ1) is 10.2. The van der Waals surface area contributed by atoms with Crippen molar-refractivity contribution in [1.82, 2.24) is 15.5 Å². The summed E-state index contributed by atoms with van der Waals surface area (Å²) in [5, 5.41) is 5.52. The first-order valence-corrected chi connectivity index (χ1v) is 7.48. The molecular weight excluding hydrogens is 278 g/mol. The van der Waals surface area contributed by atoms with E-state index in [1.165, 1.54) is 0 Å². The van der Waals surface area contributed by atoms with E-state index in [1.807, 2.05) is 65.2 Å². The molecular formula is C17H27N3O2. The molecule has 0 aliphatic rings. The Hall–Kier alpha value is -1.88. The van der Waals surface area contributed by atoms with Crippen LogP contribution in [0.25, 0.3) is 0 Å². The zero-order valence-electron chi connectivity index (χ0n) is 14.1. The fourth-order valence-electron chi connectivity index (χ4n) is 1.97. The molecule has 2 N–H and O–H groups in total. The summed E-state index contributed by atoms with van der Waals surface area (Å²) in [6, 6.07) is 10.1. The van der Waals surface area contributed by atoms with Gasteiger partial charge in [-0.15, -0.1) is 0 Å². The monoisotopic (exact) mass is 305 g/mol. The molecule has 122 valence electrons. The van der Waals surface area contributed by atoms with Crippen molar-refractivity contribution in [3.63, 3.8) is 0 Å². The maximum absolute atomic E-state index is 11.9. The van der Waals surface area contributed by atoms with Gasteiger partial charge in [-0.3, -0.25) is 9.59 Å². The molecule has 5 heteroatoms. The summed E-state index contributed by atoms with van der Waals surface area (Å²) >= 11 is 0. The van der Waals surface area contributed by atoms with Crippen molar-refractivity contribution in [1.29, 1.82) is 0 Å². The van der Waals surface area contributed by atoms with Crippen LogP contribution in [-0.4, -0.2) is 43.9 Å². The maximum Gasteiger partial charge on any atom is 0.239 e. The van der Waals surface area contributed by atoms with Gasteiger partial charge >= 0.3 is 0 Å². The van der Waals surface area contributed by atoms with E-state index < -0.39 is 5.41 Å². The Morgan fingerprint density at radius 3 is 2.18 bits per heavy atom. The van der Waals surface area contributed by atoms with Gasteiger partial charge in [-0.25, -0.2) is 0 Å². The SMILES string of the molecule is CN(C)C(CNC(=O)CNC(=O)C(C)(C)C)c1ccccc1. The smallest absolute Gasteiger partial charge is 0.239 e. The molecule has 1 unspecified atom stereocenters. The highest BCUT2D eigenvalue weighted by molar-refractivity contribution is 5.87. The van der Waals surface area contributed by atoms with Crippen LogP contribution in [0, 0.1) is 5.41 Å². The van der Waals surface area contributed by atoms with Crippen molar-refractivity contribution in [2.45, 2.75) is 26.8 Å². The van der Waals surface area contributed by atoms with Gasteiger partial charge < -0.3 is 15.5 Å². The Labute approximate surface area is 133 Å². The van der Waals surface area contributed by atoms with Crippen molar-refractivity contribution in [3.05, 3.63) is 35.9 Å². The van der Waals surface area contributed by atoms with Crippen LogP contribution >= 0.6 is 0 Å². The van der Waals surface area contributed by atoms with Crippen LogP contribution in [0.2, 0.25) is 0 Å². The largest absolute Gasteiger partial charge is 0.353 e. The number of hydrogen-bond acceptors (Lipinski definition) is 3. The van der Waals surface area contributed by atoms with Crippen LogP contribution in [0.5, 0.6) is 0 Å². The number of nitrogens with zero attached hydrogens (tertiary/aromatic N) is 1. The van der Waals surface area contributed by atoms with Crippen LogP contribution in [0.3, 0.4) is 0 Å².